The Labute approximate surface area is 187 Å². The number of rotatable bonds is 10. The van der Waals surface area contributed by atoms with E-state index in [1.165, 1.54) is 0 Å². The molecule has 32 heavy (non-hydrogen) atoms. The van der Waals surface area contributed by atoms with Crippen LogP contribution < -0.4 is 0 Å². The minimum Gasteiger partial charge on any atom is -0.481 e. The highest BCUT2D eigenvalue weighted by atomic mass is 16.4. The minimum absolute atomic E-state index is 0.0628. The van der Waals surface area contributed by atoms with Crippen molar-refractivity contribution in [3.63, 3.8) is 0 Å². The topological polar surface area (TPSA) is 149 Å². The molecule has 0 heterocycles. The second-order valence-corrected chi connectivity index (χ2v) is 6.73. The number of hydrogen-bond donors (Lipinski definition) is 4. The van der Waals surface area contributed by atoms with Gasteiger partial charge in [0.25, 0.3) is 0 Å². The fraction of sp³-hybridized carbons (Fsp3) is 0.333. The Morgan fingerprint density at radius 2 is 1.16 bits per heavy atom. The van der Waals surface area contributed by atoms with Crippen LogP contribution in [0.1, 0.15) is 71.7 Å². The molecule has 0 saturated carbocycles. The van der Waals surface area contributed by atoms with Crippen molar-refractivity contribution in [3.8, 4) is 0 Å². The van der Waals surface area contributed by atoms with Crippen LogP contribution in [0.25, 0.3) is 0 Å². The number of unbranched alkanes of at least 4 members (excludes halogenated alkanes) is 2. The van der Waals surface area contributed by atoms with Crippen molar-refractivity contribution in [1.29, 1.82) is 0 Å². The molecule has 0 aromatic heterocycles. The molecule has 0 fully saturated rings. The summed E-state index contributed by atoms with van der Waals surface area (Å²) in [5, 5.41) is 33.5. The molecule has 8 nitrogen and oxygen atoms in total. The van der Waals surface area contributed by atoms with Gasteiger partial charge in [-0.2, -0.15) is 0 Å². The third-order valence-electron chi connectivity index (χ3n) is 4.10. The van der Waals surface area contributed by atoms with E-state index in [-0.39, 0.29) is 12.8 Å². The number of aliphatic carboxylic acids is 2. The molecule has 2 aromatic carbocycles. The van der Waals surface area contributed by atoms with Gasteiger partial charge in [0.2, 0.25) is 0 Å². The fourth-order valence-corrected chi connectivity index (χ4v) is 2.45. The summed E-state index contributed by atoms with van der Waals surface area (Å²) in [6, 6.07) is 15.5. The van der Waals surface area contributed by atoms with Crippen molar-refractivity contribution >= 4 is 23.9 Å². The molecule has 8 heteroatoms. The molecule has 0 radical (unpaired) electrons. The van der Waals surface area contributed by atoms with Crippen LogP contribution >= 0.6 is 0 Å². The second kappa shape index (κ2) is 17.0. The van der Waals surface area contributed by atoms with E-state index < -0.39 is 23.9 Å². The molecule has 0 bridgehead atoms. The summed E-state index contributed by atoms with van der Waals surface area (Å²) in [5.41, 5.74) is 1.71. The van der Waals surface area contributed by atoms with E-state index in [1.54, 1.807) is 42.5 Å². The number of carbonyl (C=O) groups is 4. The van der Waals surface area contributed by atoms with Crippen LogP contribution in [0.3, 0.4) is 0 Å². The lowest BCUT2D eigenvalue weighted by atomic mass is 10.0. The third-order valence-corrected chi connectivity index (χ3v) is 4.10. The molecule has 0 saturated heterocycles. The van der Waals surface area contributed by atoms with Gasteiger partial charge in [0.05, 0.1) is 11.1 Å². The number of hydrogen-bond acceptors (Lipinski definition) is 4. The Balaban J connectivity index is 0.000000460. The van der Waals surface area contributed by atoms with E-state index in [0.717, 1.165) is 24.8 Å². The van der Waals surface area contributed by atoms with E-state index in [0.29, 0.717) is 24.0 Å². The maximum Gasteiger partial charge on any atom is 0.335 e. The first kappa shape index (κ1) is 28.3. The van der Waals surface area contributed by atoms with Crippen molar-refractivity contribution in [2.24, 2.45) is 0 Å². The normalized spacial score (nSPS) is 9.41. The molecule has 0 aliphatic rings. The minimum atomic E-state index is -0.879. The molecule has 0 amide bonds. The Morgan fingerprint density at radius 1 is 0.656 bits per heavy atom. The molecule has 0 atom stereocenters. The molecule has 2 rings (SSSR count). The van der Waals surface area contributed by atoms with Gasteiger partial charge in [0, 0.05) is 12.8 Å². The highest BCUT2D eigenvalue weighted by Crippen LogP contribution is 2.11. The fourth-order valence-electron chi connectivity index (χ4n) is 2.45. The summed E-state index contributed by atoms with van der Waals surface area (Å²) < 4.78 is 0. The molecule has 2 aromatic rings. The van der Waals surface area contributed by atoms with Crippen LogP contribution in [-0.2, 0) is 16.0 Å². The van der Waals surface area contributed by atoms with Crippen molar-refractivity contribution < 1.29 is 39.6 Å². The molecule has 0 aliphatic carbocycles. The van der Waals surface area contributed by atoms with Crippen molar-refractivity contribution in [2.75, 3.05) is 0 Å². The molecular formula is C24H30O8. The SMILES string of the molecule is CCCCc1ccccc1C(=O)O.O=C(O)CCCCC(=O)O.O=C(O)c1ccccc1. The van der Waals surface area contributed by atoms with E-state index >= 15 is 0 Å². The maximum atomic E-state index is 10.8. The van der Waals surface area contributed by atoms with Gasteiger partial charge in [-0.05, 0) is 49.4 Å². The second-order valence-electron chi connectivity index (χ2n) is 6.73. The van der Waals surface area contributed by atoms with Crippen molar-refractivity contribution in [1.82, 2.24) is 0 Å². The zero-order valence-corrected chi connectivity index (χ0v) is 18.1. The summed E-state index contributed by atoms with van der Waals surface area (Å²) in [6.45, 7) is 2.10. The van der Waals surface area contributed by atoms with Crippen LogP contribution in [-0.4, -0.2) is 44.3 Å². The number of aryl methyl sites for hydroxylation is 1. The van der Waals surface area contributed by atoms with E-state index in [2.05, 4.69) is 6.92 Å². The lowest BCUT2D eigenvalue weighted by Crippen LogP contribution is -2.01. The molecule has 0 spiro atoms. The Bertz CT molecular complexity index is 830. The highest BCUT2D eigenvalue weighted by molar-refractivity contribution is 5.89. The van der Waals surface area contributed by atoms with Gasteiger partial charge in [0.15, 0.2) is 0 Å². The summed E-state index contributed by atoms with van der Waals surface area (Å²) in [5.74, 6) is -3.45. The van der Waals surface area contributed by atoms with Crippen LogP contribution in [0.15, 0.2) is 54.6 Å². The monoisotopic (exact) mass is 446 g/mol. The van der Waals surface area contributed by atoms with Gasteiger partial charge >= 0.3 is 23.9 Å². The Kier molecular flexibility index (Phi) is 15.1. The van der Waals surface area contributed by atoms with Gasteiger partial charge < -0.3 is 20.4 Å². The van der Waals surface area contributed by atoms with Gasteiger partial charge in [0.1, 0.15) is 0 Å². The van der Waals surface area contributed by atoms with Gasteiger partial charge in [-0.3, -0.25) is 9.59 Å². The predicted molar refractivity (Wildman–Crippen MR) is 119 cm³/mol. The standard InChI is InChI=1S/C11H14O2.C7H6O2.C6H10O4/c1-2-3-6-9-7-4-5-8-10(9)11(12)13;8-7(9)6-4-2-1-3-5-6;7-5(8)3-1-2-4-6(9)10/h4-5,7-8H,2-3,6H2,1H3,(H,12,13);1-5H,(H,8,9);1-4H2,(H,7,8)(H,9,10). The largest absolute Gasteiger partial charge is 0.481 e. The van der Waals surface area contributed by atoms with Crippen LogP contribution in [0, 0.1) is 0 Å². The van der Waals surface area contributed by atoms with Crippen molar-refractivity contribution in [2.45, 2.75) is 51.9 Å². The number of carboxylic acids is 4. The molecule has 4 N–H and O–H groups in total. The smallest absolute Gasteiger partial charge is 0.335 e. The molecular weight excluding hydrogens is 416 g/mol. The maximum absolute atomic E-state index is 10.8. The van der Waals surface area contributed by atoms with E-state index in [1.807, 2.05) is 12.1 Å². The van der Waals surface area contributed by atoms with Crippen LogP contribution in [0.5, 0.6) is 0 Å². The number of carboxylic acid groups (broad SMARTS) is 4. The van der Waals surface area contributed by atoms with E-state index in [4.69, 9.17) is 20.4 Å². The lowest BCUT2D eigenvalue weighted by molar-refractivity contribution is -0.139. The Hall–Kier alpha value is -3.68. The first-order chi connectivity index (χ1) is 15.2. The average molecular weight is 446 g/mol. The molecule has 174 valence electrons. The quantitative estimate of drug-likeness (QED) is 0.379. The summed E-state index contributed by atoms with van der Waals surface area (Å²) in [7, 11) is 0. The molecule has 0 unspecified atom stereocenters. The van der Waals surface area contributed by atoms with Gasteiger partial charge in [-0.25, -0.2) is 9.59 Å². The molecule has 0 aliphatic heterocycles. The average Bonchev–Trinajstić information content (AvgIpc) is 2.76. The van der Waals surface area contributed by atoms with Gasteiger partial charge in [-0.1, -0.05) is 49.7 Å². The zero-order chi connectivity index (χ0) is 24.4. The van der Waals surface area contributed by atoms with Crippen LogP contribution in [0.2, 0.25) is 0 Å². The predicted octanol–water partition coefficient (Wildman–Crippen LogP) is 4.83. The summed E-state index contributed by atoms with van der Waals surface area (Å²) in [6.07, 6.45) is 4.01. The van der Waals surface area contributed by atoms with Crippen LogP contribution in [0.4, 0.5) is 0 Å². The summed E-state index contributed by atoms with van der Waals surface area (Å²) in [4.78, 5) is 40.8. The summed E-state index contributed by atoms with van der Waals surface area (Å²) >= 11 is 0. The third kappa shape index (κ3) is 14.3. The van der Waals surface area contributed by atoms with Gasteiger partial charge in [-0.15, -0.1) is 0 Å². The first-order valence-corrected chi connectivity index (χ1v) is 10.2. The van der Waals surface area contributed by atoms with E-state index in [9.17, 15) is 19.2 Å². The first-order valence-electron chi connectivity index (χ1n) is 10.2. The number of aromatic carboxylic acids is 2. The van der Waals surface area contributed by atoms with Crippen molar-refractivity contribution in [3.05, 3.63) is 71.3 Å². The number of benzene rings is 2. The zero-order valence-electron chi connectivity index (χ0n) is 18.1. The Morgan fingerprint density at radius 3 is 1.56 bits per heavy atom. The highest BCUT2D eigenvalue weighted by Gasteiger charge is 2.07. The lowest BCUT2D eigenvalue weighted by Gasteiger charge is -2.03.